The van der Waals surface area contributed by atoms with Crippen LogP contribution in [-0.4, -0.2) is 50.1 Å². The van der Waals surface area contributed by atoms with Crippen molar-refractivity contribution in [3.05, 3.63) is 23.8 Å². The van der Waals surface area contributed by atoms with Gasteiger partial charge in [0.1, 0.15) is 6.61 Å². The number of ether oxygens (including phenoxy) is 1. The van der Waals surface area contributed by atoms with E-state index in [1.165, 1.54) is 11.0 Å². The first-order chi connectivity index (χ1) is 13.8. The molecule has 4 N–H and O–H groups in total. The summed E-state index contributed by atoms with van der Waals surface area (Å²) in [5.41, 5.74) is 3.29. The Balaban J connectivity index is 2.30. The van der Waals surface area contributed by atoms with Crippen LogP contribution in [0.1, 0.15) is 26.3 Å². The van der Waals surface area contributed by atoms with E-state index in [-0.39, 0.29) is 37.4 Å². The third kappa shape index (κ3) is 6.17. The number of anilines is 2. The van der Waals surface area contributed by atoms with Crippen LogP contribution in [0.5, 0.6) is 0 Å². The van der Waals surface area contributed by atoms with Crippen molar-refractivity contribution in [2.45, 2.75) is 33.0 Å². The fraction of sp³-hybridized carbons (Fsp3) is 0.526. The molecule has 1 atom stereocenters. The van der Waals surface area contributed by atoms with Crippen LogP contribution in [0, 0.1) is 5.41 Å². The first-order valence-electron chi connectivity index (χ1n) is 9.22. The molecular formula is C19H25F3N4O4. The Labute approximate surface area is 171 Å². The van der Waals surface area contributed by atoms with Gasteiger partial charge in [-0.3, -0.25) is 19.7 Å². The zero-order chi connectivity index (χ0) is 22.7. The normalized spacial score (nSPS) is 16.3. The number of nitrogens with zero attached hydrogens (tertiary/aromatic N) is 1. The summed E-state index contributed by atoms with van der Waals surface area (Å²) in [7, 11) is 0. The summed E-state index contributed by atoms with van der Waals surface area (Å²) in [6.07, 6.45) is -4.81. The molecule has 0 bridgehead atoms. The first-order valence-corrected chi connectivity index (χ1v) is 9.22. The molecule has 0 aromatic heterocycles. The lowest BCUT2D eigenvalue weighted by atomic mass is 9.96. The summed E-state index contributed by atoms with van der Waals surface area (Å²) in [6, 6.07) is 1.60. The molecule has 1 fully saturated rings. The molecule has 0 saturated carbocycles. The summed E-state index contributed by atoms with van der Waals surface area (Å²) in [6.45, 7) is 5.88. The van der Waals surface area contributed by atoms with Crippen LogP contribution in [-0.2, 0) is 25.3 Å². The van der Waals surface area contributed by atoms with E-state index < -0.39 is 41.2 Å². The topological polar surface area (TPSA) is 114 Å². The largest absolute Gasteiger partial charge is 0.418 e. The van der Waals surface area contributed by atoms with E-state index in [0.717, 1.165) is 12.1 Å². The number of hydrogen-bond acceptors (Lipinski definition) is 5. The number of amides is 3. The highest BCUT2D eigenvalue weighted by atomic mass is 19.4. The van der Waals surface area contributed by atoms with Gasteiger partial charge in [-0.25, -0.2) is 0 Å². The average molecular weight is 430 g/mol. The third-order valence-corrected chi connectivity index (χ3v) is 4.25. The standard InChI is InChI=1S/C19H25F3N4O4/c1-18(2,3)10-24-15(16(23)28)17(29)25-13-5-4-11(8-12(13)19(20,21)22)26-6-7-30-9-14(26)27/h4-5,8,15,24H,6-7,9-10H2,1-3H3,(H2,23,28)(H,25,29)/t15-/m0/s1. The van der Waals surface area contributed by atoms with Crippen LogP contribution >= 0.6 is 0 Å². The van der Waals surface area contributed by atoms with E-state index >= 15 is 0 Å². The first kappa shape index (κ1) is 23.6. The SMILES string of the molecule is CC(C)(C)CN[C@@H](C(N)=O)C(=O)Nc1ccc(N2CCOCC2=O)cc1C(F)(F)F. The second-order valence-electron chi connectivity index (χ2n) is 8.09. The minimum atomic E-state index is -4.81. The van der Waals surface area contributed by atoms with E-state index in [9.17, 15) is 27.6 Å². The van der Waals surface area contributed by atoms with Gasteiger partial charge in [-0.2, -0.15) is 13.2 Å². The van der Waals surface area contributed by atoms with Crippen molar-refractivity contribution >= 4 is 29.1 Å². The Morgan fingerprint density at radius 3 is 2.47 bits per heavy atom. The molecule has 1 heterocycles. The van der Waals surface area contributed by atoms with E-state index in [4.69, 9.17) is 10.5 Å². The highest BCUT2D eigenvalue weighted by Gasteiger charge is 2.36. The molecule has 3 amide bonds. The van der Waals surface area contributed by atoms with Crippen molar-refractivity contribution in [1.29, 1.82) is 0 Å². The van der Waals surface area contributed by atoms with E-state index in [1.807, 2.05) is 20.8 Å². The van der Waals surface area contributed by atoms with Crippen LogP contribution in [0.25, 0.3) is 0 Å². The lowest BCUT2D eigenvalue weighted by Gasteiger charge is -2.28. The van der Waals surface area contributed by atoms with E-state index in [1.54, 1.807) is 0 Å². The maximum Gasteiger partial charge on any atom is 0.418 e. The number of benzene rings is 1. The van der Waals surface area contributed by atoms with Gasteiger partial charge in [-0.15, -0.1) is 0 Å². The number of carbonyl (C=O) groups is 3. The molecule has 1 aromatic carbocycles. The lowest BCUT2D eigenvalue weighted by Crippen LogP contribution is -2.51. The Bertz CT molecular complexity index is 821. The van der Waals surface area contributed by atoms with Gasteiger partial charge >= 0.3 is 6.18 Å². The molecular weight excluding hydrogens is 405 g/mol. The van der Waals surface area contributed by atoms with Crippen molar-refractivity contribution in [3.63, 3.8) is 0 Å². The summed E-state index contributed by atoms with van der Waals surface area (Å²) in [4.78, 5) is 37.2. The number of rotatable bonds is 6. The summed E-state index contributed by atoms with van der Waals surface area (Å²) < 4.78 is 45.8. The molecule has 30 heavy (non-hydrogen) atoms. The molecule has 166 valence electrons. The quantitative estimate of drug-likeness (QED) is 0.592. The van der Waals surface area contributed by atoms with Crippen molar-refractivity contribution < 1.29 is 32.3 Å². The van der Waals surface area contributed by atoms with Crippen LogP contribution in [0.3, 0.4) is 0 Å². The molecule has 8 nitrogen and oxygen atoms in total. The van der Waals surface area contributed by atoms with Gasteiger partial charge in [0.25, 0.3) is 11.8 Å². The predicted molar refractivity (Wildman–Crippen MR) is 104 cm³/mol. The van der Waals surface area contributed by atoms with Gasteiger partial charge in [0, 0.05) is 18.8 Å². The van der Waals surface area contributed by atoms with Gasteiger partial charge < -0.3 is 20.7 Å². The molecule has 0 radical (unpaired) electrons. The Morgan fingerprint density at radius 2 is 1.93 bits per heavy atom. The molecule has 0 unspecified atom stereocenters. The zero-order valence-corrected chi connectivity index (χ0v) is 16.9. The van der Waals surface area contributed by atoms with E-state index in [2.05, 4.69) is 10.6 Å². The average Bonchev–Trinajstić information content (AvgIpc) is 2.60. The van der Waals surface area contributed by atoms with Gasteiger partial charge in [0.2, 0.25) is 5.91 Å². The fourth-order valence-electron chi connectivity index (χ4n) is 2.77. The molecule has 1 saturated heterocycles. The number of nitrogens with two attached hydrogens (primary N) is 1. The molecule has 1 aromatic rings. The fourth-order valence-corrected chi connectivity index (χ4v) is 2.77. The van der Waals surface area contributed by atoms with E-state index in [0.29, 0.717) is 0 Å². The van der Waals surface area contributed by atoms with Gasteiger partial charge in [-0.05, 0) is 23.6 Å². The van der Waals surface area contributed by atoms with Crippen molar-refractivity contribution in [3.8, 4) is 0 Å². The number of morpholine rings is 1. The van der Waals surface area contributed by atoms with Crippen molar-refractivity contribution in [2.24, 2.45) is 11.1 Å². The number of nitrogens with one attached hydrogen (secondary N) is 2. The minimum Gasteiger partial charge on any atom is -0.370 e. The van der Waals surface area contributed by atoms with Gasteiger partial charge in [0.05, 0.1) is 17.9 Å². The number of alkyl halides is 3. The molecule has 2 rings (SSSR count). The van der Waals surface area contributed by atoms with Crippen molar-refractivity contribution in [2.75, 3.05) is 36.5 Å². The second-order valence-corrected chi connectivity index (χ2v) is 8.09. The second kappa shape index (κ2) is 9.00. The van der Waals surface area contributed by atoms with Crippen LogP contribution in [0.2, 0.25) is 0 Å². The summed E-state index contributed by atoms with van der Waals surface area (Å²) in [5.74, 6) is -2.49. The Hall–Kier alpha value is -2.66. The molecule has 1 aliphatic heterocycles. The smallest absolute Gasteiger partial charge is 0.370 e. The Morgan fingerprint density at radius 1 is 1.27 bits per heavy atom. The van der Waals surface area contributed by atoms with Gasteiger partial charge in [0.15, 0.2) is 6.04 Å². The van der Waals surface area contributed by atoms with Crippen LogP contribution in [0.4, 0.5) is 24.5 Å². The maximum absolute atomic E-state index is 13.6. The number of carbonyl (C=O) groups excluding carboxylic acids is 3. The van der Waals surface area contributed by atoms with Crippen molar-refractivity contribution in [1.82, 2.24) is 5.32 Å². The lowest BCUT2D eigenvalue weighted by molar-refractivity contribution is -0.137. The number of hydrogen-bond donors (Lipinski definition) is 3. The highest BCUT2D eigenvalue weighted by molar-refractivity contribution is 6.10. The molecule has 0 aliphatic carbocycles. The minimum absolute atomic E-state index is 0.0333. The summed E-state index contributed by atoms with van der Waals surface area (Å²) in [5, 5.41) is 4.80. The van der Waals surface area contributed by atoms with Gasteiger partial charge in [-0.1, -0.05) is 20.8 Å². The zero-order valence-electron chi connectivity index (χ0n) is 16.9. The third-order valence-electron chi connectivity index (χ3n) is 4.25. The summed E-state index contributed by atoms with van der Waals surface area (Å²) >= 11 is 0. The molecule has 1 aliphatic rings. The van der Waals surface area contributed by atoms with Crippen LogP contribution < -0.4 is 21.3 Å². The maximum atomic E-state index is 13.6. The molecule has 0 spiro atoms. The predicted octanol–water partition coefficient (Wildman–Crippen LogP) is 1.50. The highest BCUT2D eigenvalue weighted by Crippen LogP contribution is 2.37. The number of primary amides is 1. The Kier molecular flexibility index (Phi) is 7.09. The monoisotopic (exact) mass is 430 g/mol. The molecule has 11 heteroatoms. The number of halogens is 3. The van der Waals surface area contributed by atoms with Crippen LogP contribution in [0.15, 0.2) is 18.2 Å².